The Hall–Kier alpha value is -1.20. The van der Waals surface area contributed by atoms with E-state index in [9.17, 15) is 9.90 Å². The molecule has 4 nitrogen and oxygen atoms in total. The predicted octanol–water partition coefficient (Wildman–Crippen LogP) is 4.53. The molecule has 1 aromatic rings. The van der Waals surface area contributed by atoms with Gasteiger partial charge in [0, 0.05) is 18.8 Å². The van der Waals surface area contributed by atoms with Crippen LogP contribution in [0.5, 0.6) is 0 Å². The molecule has 5 heteroatoms. The Morgan fingerprint density at radius 1 is 1.24 bits per heavy atom. The fourth-order valence-electron chi connectivity index (χ4n) is 2.41. The zero-order chi connectivity index (χ0) is 18.9. The maximum Gasteiger partial charge on any atom is 0.410 e. The molecule has 1 aromatic carbocycles. The Bertz CT molecular complexity index is 499. The molecule has 0 aromatic heterocycles. The third-order valence-electron chi connectivity index (χ3n) is 3.59. The number of carbonyl (C=O) groups excluding carboxylic acids is 1. The molecule has 1 rings (SSSR count). The van der Waals surface area contributed by atoms with Crippen molar-refractivity contribution < 1.29 is 14.6 Å². The average molecular weight is 368 g/mol. The Labute approximate surface area is 156 Å². The van der Waals surface area contributed by atoms with Gasteiger partial charge in [0.05, 0.1) is 6.10 Å². The van der Waals surface area contributed by atoms with Gasteiger partial charge in [0.25, 0.3) is 0 Å². The molecule has 0 spiro atoms. The van der Waals surface area contributed by atoms with Crippen LogP contribution in [0.2, 0.25) is 0 Å². The van der Waals surface area contributed by atoms with Crippen molar-refractivity contribution in [1.29, 1.82) is 0 Å². The first-order valence-corrected chi connectivity index (χ1v) is 10.1. The fourth-order valence-corrected chi connectivity index (χ4v) is 3.25. The van der Waals surface area contributed by atoms with Gasteiger partial charge in [0.1, 0.15) is 5.60 Å². The fraction of sp³-hybridized carbons (Fsp3) is 0.650. The van der Waals surface area contributed by atoms with Crippen LogP contribution in [0.25, 0.3) is 0 Å². The standard InChI is InChI=1S/C20H33NO3S/c1-16(18-10-7-6-8-11-18)14-21(19(23)24-20(3,4)5)12-9-13-25-15-17(2)22/h6-8,10-11,16-17,22H,9,12-15H2,1-5H3. The Morgan fingerprint density at radius 3 is 2.44 bits per heavy atom. The van der Waals surface area contributed by atoms with Crippen LogP contribution in [-0.4, -0.2) is 52.4 Å². The number of aliphatic hydroxyl groups excluding tert-OH is 1. The van der Waals surface area contributed by atoms with Gasteiger partial charge in [-0.15, -0.1) is 0 Å². The number of amides is 1. The van der Waals surface area contributed by atoms with Crippen molar-refractivity contribution >= 4 is 17.9 Å². The van der Waals surface area contributed by atoms with E-state index in [-0.39, 0.29) is 18.1 Å². The number of nitrogens with zero attached hydrogens (tertiary/aromatic N) is 1. The molecule has 0 radical (unpaired) electrons. The minimum absolute atomic E-state index is 0.249. The molecule has 25 heavy (non-hydrogen) atoms. The van der Waals surface area contributed by atoms with Gasteiger partial charge in [-0.2, -0.15) is 11.8 Å². The molecular formula is C20H33NO3S. The third-order valence-corrected chi connectivity index (χ3v) is 4.89. The summed E-state index contributed by atoms with van der Waals surface area (Å²) in [5, 5.41) is 9.32. The number of rotatable bonds is 9. The molecule has 1 N–H and O–H groups in total. The summed E-state index contributed by atoms with van der Waals surface area (Å²) in [6, 6.07) is 10.2. The quantitative estimate of drug-likeness (QED) is 0.652. The van der Waals surface area contributed by atoms with Crippen molar-refractivity contribution in [3.8, 4) is 0 Å². The van der Waals surface area contributed by atoms with Crippen LogP contribution in [-0.2, 0) is 4.74 Å². The third kappa shape index (κ3) is 9.75. The molecule has 1 amide bonds. The van der Waals surface area contributed by atoms with Gasteiger partial charge in [0.15, 0.2) is 0 Å². The van der Waals surface area contributed by atoms with E-state index >= 15 is 0 Å². The number of thioether (sulfide) groups is 1. The largest absolute Gasteiger partial charge is 0.444 e. The monoisotopic (exact) mass is 367 g/mol. The summed E-state index contributed by atoms with van der Waals surface area (Å²) in [6.07, 6.45) is 0.346. The summed E-state index contributed by atoms with van der Waals surface area (Å²) >= 11 is 1.71. The highest BCUT2D eigenvalue weighted by atomic mass is 32.2. The molecule has 0 heterocycles. The molecule has 0 saturated heterocycles. The Balaban J connectivity index is 2.62. The first-order valence-electron chi connectivity index (χ1n) is 8.97. The Morgan fingerprint density at radius 2 is 1.88 bits per heavy atom. The lowest BCUT2D eigenvalue weighted by Gasteiger charge is -2.29. The van der Waals surface area contributed by atoms with E-state index < -0.39 is 5.60 Å². The number of ether oxygens (including phenoxy) is 1. The van der Waals surface area contributed by atoms with E-state index in [1.54, 1.807) is 18.7 Å². The highest BCUT2D eigenvalue weighted by Gasteiger charge is 2.23. The lowest BCUT2D eigenvalue weighted by molar-refractivity contribution is 0.0241. The van der Waals surface area contributed by atoms with Gasteiger partial charge < -0.3 is 14.7 Å². The molecule has 0 aliphatic heterocycles. The maximum atomic E-state index is 12.6. The van der Waals surface area contributed by atoms with Crippen LogP contribution in [0, 0.1) is 0 Å². The second-order valence-electron chi connectivity index (χ2n) is 7.52. The SMILES string of the molecule is CC(O)CSCCCN(CC(C)c1ccccc1)C(=O)OC(C)(C)C. The van der Waals surface area contributed by atoms with Crippen molar-refractivity contribution in [3.05, 3.63) is 35.9 Å². The molecule has 0 aliphatic rings. The molecule has 2 unspecified atom stereocenters. The van der Waals surface area contributed by atoms with Crippen LogP contribution in [0.4, 0.5) is 4.79 Å². The summed E-state index contributed by atoms with van der Waals surface area (Å²) < 4.78 is 5.57. The summed E-state index contributed by atoms with van der Waals surface area (Å²) in [5.74, 6) is 1.90. The minimum Gasteiger partial charge on any atom is -0.444 e. The number of aliphatic hydroxyl groups is 1. The van der Waals surface area contributed by atoms with Crippen molar-refractivity contribution in [2.75, 3.05) is 24.6 Å². The molecule has 0 aliphatic carbocycles. The van der Waals surface area contributed by atoms with E-state index in [1.807, 2.05) is 43.9 Å². The summed E-state index contributed by atoms with van der Waals surface area (Å²) in [7, 11) is 0. The van der Waals surface area contributed by atoms with Crippen LogP contribution < -0.4 is 0 Å². The molecular weight excluding hydrogens is 334 g/mol. The lowest BCUT2D eigenvalue weighted by Crippen LogP contribution is -2.39. The van der Waals surface area contributed by atoms with E-state index in [4.69, 9.17) is 4.74 Å². The number of benzene rings is 1. The van der Waals surface area contributed by atoms with Gasteiger partial charge >= 0.3 is 6.09 Å². The van der Waals surface area contributed by atoms with Crippen LogP contribution in [0.3, 0.4) is 0 Å². The van der Waals surface area contributed by atoms with Crippen molar-refractivity contribution in [2.24, 2.45) is 0 Å². The zero-order valence-electron chi connectivity index (χ0n) is 16.2. The lowest BCUT2D eigenvalue weighted by atomic mass is 10.0. The highest BCUT2D eigenvalue weighted by Crippen LogP contribution is 2.19. The van der Waals surface area contributed by atoms with Crippen molar-refractivity contribution in [2.45, 2.75) is 58.7 Å². The minimum atomic E-state index is -0.494. The highest BCUT2D eigenvalue weighted by molar-refractivity contribution is 7.99. The number of carbonyl (C=O) groups is 1. The summed E-state index contributed by atoms with van der Waals surface area (Å²) in [6.45, 7) is 10.9. The van der Waals surface area contributed by atoms with Gasteiger partial charge in [0.2, 0.25) is 0 Å². The van der Waals surface area contributed by atoms with E-state index in [1.165, 1.54) is 5.56 Å². The van der Waals surface area contributed by atoms with Gasteiger partial charge in [-0.25, -0.2) is 4.79 Å². The van der Waals surface area contributed by atoms with E-state index in [0.29, 0.717) is 13.1 Å². The maximum absolute atomic E-state index is 12.6. The average Bonchev–Trinajstić information content (AvgIpc) is 2.52. The van der Waals surface area contributed by atoms with Crippen LogP contribution in [0.15, 0.2) is 30.3 Å². The second kappa shape index (κ2) is 10.7. The molecule has 142 valence electrons. The van der Waals surface area contributed by atoms with E-state index in [2.05, 4.69) is 19.1 Å². The topological polar surface area (TPSA) is 49.8 Å². The number of hydrogen-bond acceptors (Lipinski definition) is 4. The van der Waals surface area contributed by atoms with Crippen LogP contribution in [0.1, 0.15) is 52.5 Å². The number of hydrogen-bond donors (Lipinski definition) is 1. The van der Waals surface area contributed by atoms with E-state index in [0.717, 1.165) is 17.9 Å². The molecule has 0 fully saturated rings. The first-order chi connectivity index (χ1) is 11.7. The van der Waals surface area contributed by atoms with Gasteiger partial charge in [-0.3, -0.25) is 0 Å². The Kier molecular flexibility index (Phi) is 9.36. The van der Waals surface area contributed by atoms with Crippen molar-refractivity contribution in [1.82, 2.24) is 4.90 Å². The molecule has 0 saturated carbocycles. The van der Waals surface area contributed by atoms with Gasteiger partial charge in [-0.05, 0) is 51.3 Å². The normalized spacial score (nSPS) is 14.0. The zero-order valence-corrected chi connectivity index (χ0v) is 17.0. The molecule has 0 bridgehead atoms. The second-order valence-corrected chi connectivity index (χ2v) is 8.67. The van der Waals surface area contributed by atoms with Gasteiger partial charge in [-0.1, -0.05) is 37.3 Å². The summed E-state index contributed by atoms with van der Waals surface area (Å²) in [5.41, 5.74) is 0.728. The molecule has 2 atom stereocenters. The van der Waals surface area contributed by atoms with Crippen molar-refractivity contribution in [3.63, 3.8) is 0 Å². The van der Waals surface area contributed by atoms with Crippen LogP contribution >= 0.6 is 11.8 Å². The summed E-state index contributed by atoms with van der Waals surface area (Å²) in [4.78, 5) is 14.4. The smallest absolute Gasteiger partial charge is 0.410 e. The first kappa shape index (κ1) is 21.8. The predicted molar refractivity (Wildman–Crippen MR) is 106 cm³/mol.